The van der Waals surface area contributed by atoms with Crippen LogP contribution in [-0.4, -0.2) is 20.2 Å². The number of nitrogens with zero attached hydrogens (tertiary/aromatic N) is 4. The molecule has 28 heavy (non-hydrogen) atoms. The summed E-state index contributed by atoms with van der Waals surface area (Å²) >= 11 is 9.87. The van der Waals surface area contributed by atoms with Crippen LogP contribution in [0.4, 0.5) is 5.69 Å². The van der Waals surface area contributed by atoms with Crippen molar-refractivity contribution in [2.75, 3.05) is 5.32 Å². The van der Waals surface area contributed by atoms with Crippen LogP contribution in [0.1, 0.15) is 61.1 Å². The van der Waals surface area contributed by atoms with Gasteiger partial charge in [0.2, 0.25) is 0 Å². The molecule has 1 aliphatic rings. The van der Waals surface area contributed by atoms with Crippen molar-refractivity contribution in [2.45, 2.75) is 51.1 Å². The normalized spacial score (nSPS) is 16.1. The molecule has 1 atom stereocenters. The zero-order valence-electron chi connectivity index (χ0n) is 15.8. The van der Waals surface area contributed by atoms with E-state index in [1.54, 1.807) is 0 Å². The molecule has 5 nitrogen and oxygen atoms in total. The molecule has 1 heterocycles. The number of hydrogen-bond acceptors (Lipinski definition) is 4. The molecule has 0 radical (unpaired) electrons. The molecule has 1 aromatic heterocycles. The molecule has 2 aromatic carbocycles. The monoisotopic (exact) mass is 459 g/mol. The first-order chi connectivity index (χ1) is 13.6. The number of nitrogens with one attached hydrogen (secondary N) is 1. The van der Waals surface area contributed by atoms with Crippen LogP contribution in [0.25, 0.3) is 0 Å². The smallest absolute Gasteiger partial charge is 0.178 e. The molecule has 146 valence electrons. The topological polar surface area (TPSA) is 55.6 Å². The van der Waals surface area contributed by atoms with Gasteiger partial charge in [0, 0.05) is 15.2 Å². The third-order valence-corrected chi connectivity index (χ3v) is 6.32. The van der Waals surface area contributed by atoms with Gasteiger partial charge in [-0.05, 0) is 65.6 Å². The van der Waals surface area contributed by atoms with Crippen molar-refractivity contribution in [3.05, 3.63) is 68.9 Å². The van der Waals surface area contributed by atoms with Gasteiger partial charge in [0.15, 0.2) is 5.82 Å². The maximum Gasteiger partial charge on any atom is 0.178 e. The minimum Gasteiger partial charge on any atom is -0.371 e. The average molecular weight is 461 g/mol. The second kappa shape index (κ2) is 8.62. The van der Waals surface area contributed by atoms with Crippen LogP contribution < -0.4 is 5.32 Å². The fourth-order valence-corrected chi connectivity index (χ4v) is 4.22. The predicted octanol–water partition coefficient (Wildman–Crippen LogP) is 6.10. The second-order valence-corrected chi connectivity index (χ2v) is 8.69. The lowest BCUT2D eigenvalue weighted by molar-refractivity contribution is 0.315. The van der Waals surface area contributed by atoms with Crippen molar-refractivity contribution in [1.82, 2.24) is 20.2 Å². The van der Waals surface area contributed by atoms with E-state index in [1.165, 1.54) is 19.3 Å². The maximum atomic E-state index is 6.35. The highest BCUT2D eigenvalue weighted by Crippen LogP contribution is 2.33. The van der Waals surface area contributed by atoms with Gasteiger partial charge in [-0.3, -0.25) is 0 Å². The summed E-state index contributed by atoms with van der Waals surface area (Å²) < 4.78 is 3.06. The summed E-state index contributed by atoms with van der Waals surface area (Å²) in [6.07, 6.45) is 6.01. The van der Waals surface area contributed by atoms with Crippen LogP contribution in [-0.2, 0) is 0 Å². The van der Waals surface area contributed by atoms with Crippen LogP contribution in [0, 0.1) is 6.92 Å². The van der Waals surface area contributed by atoms with Crippen molar-refractivity contribution in [3.63, 3.8) is 0 Å². The van der Waals surface area contributed by atoms with E-state index in [4.69, 9.17) is 11.6 Å². The zero-order chi connectivity index (χ0) is 19.5. The molecular formula is C21H23BrClN5. The van der Waals surface area contributed by atoms with Gasteiger partial charge in [-0.15, -0.1) is 5.10 Å². The van der Waals surface area contributed by atoms with E-state index in [-0.39, 0.29) is 6.04 Å². The van der Waals surface area contributed by atoms with Crippen molar-refractivity contribution >= 4 is 33.2 Å². The van der Waals surface area contributed by atoms with Gasteiger partial charge >= 0.3 is 0 Å². The summed E-state index contributed by atoms with van der Waals surface area (Å²) in [5.74, 6) is 0.839. The van der Waals surface area contributed by atoms with E-state index in [0.717, 1.165) is 45.0 Å². The minimum atomic E-state index is -0.163. The van der Waals surface area contributed by atoms with E-state index < -0.39 is 0 Å². The number of tetrazole rings is 1. The number of halogens is 2. The van der Waals surface area contributed by atoms with Crippen molar-refractivity contribution in [1.29, 1.82) is 0 Å². The second-order valence-electron chi connectivity index (χ2n) is 7.37. The molecular weight excluding hydrogens is 438 g/mol. The molecule has 1 unspecified atom stereocenters. The SMILES string of the molecule is Cc1ccc(NC(c2ccc(Br)cc2)c2nnnn2C2CCCCC2)cc1Cl. The number of benzene rings is 2. The summed E-state index contributed by atoms with van der Waals surface area (Å²) in [6.45, 7) is 2.00. The van der Waals surface area contributed by atoms with Crippen LogP contribution >= 0.6 is 27.5 Å². The van der Waals surface area contributed by atoms with Gasteiger partial charge in [-0.1, -0.05) is 65.0 Å². The number of aryl methyl sites for hydroxylation is 1. The van der Waals surface area contributed by atoms with Crippen molar-refractivity contribution in [3.8, 4) is 0 Å². The number of aromatic nitrogens is 4. The average Bonchev–Trinajstić information content (AvgIpc) is 3.20. The minimum absolute atomic E-state index is 0.163. The van der Waals surface area contributed by atoms with Crippen LogP contribution in [0.15, 0.2) is 46.9 Å². The van der Waals surface area contributed by atoms with Crippen molar-refractivity contribution < 1.29 is 0 Å². The number of hydrogen-bond donors (Lipinski definition) is 1. The Morgan fingerprint density at radius 1 is 1.11 bits per heavy atom. The Balaban J connectivity index is 1.72. The van der Waals surface area contributed by atoms with Gasteiger partial charge in [-0.25, -0.2) is 4.68 Å². The molecule has 3 aromatic rings. The number of rotatable bonds is 5. The van der Waals surface area contributed by atoms with E-state index in [1.807, 2.05) is 41.9 Å². The maximum absolute atomic E-state index is 6.35. The Hall–Kier alpha value is -1.92. The summed E-state index contributed by atoms with van der Waals surface area (Å²) in [7, 11) is 0. The van der Waals surface area contributed by atoms with E-state index in [0.29, 0.717) is 6.04 Å². The Morgan fingerprint density at radius 2 is 1.86 bits per heavy atom. The van der Waals surface area contributed by atoms with E-state index >= 15 is 0 Å². The van der Waals surface area contributed by atoms with E-state index in [2.05, 4.69) is 48.9 Å². The predicted molar refractivity (Wildman–Crippen MR) is 116 cm³/mol. The van der Waals surface area contributed by atoms with Gasteiger partial charge in [0.05, 0.1) is 6.04 Å². The first-order valence-corrected chi connectivity index (χ1v) is 10.8. The molecule has 0 aliphatic heterocycles. The van der Waals surface area contributed by atoms with Gasteiger partial charge < -0.3 is 5.32 Å². The molecule has 4 rings (SSSR count). The first-order valence-electron chi connectivity index (χ1n) is 9.68. The lowest BCUT2D eigenvalue weighted by atomic mass is 9.95. The van der Waals surface area contributed by atoms with Crippen LogP contribution in [0.2, 0.25) is 5.02 Å². The first kappa shape index (κ1) is 19.4. The third-order valence-electron chi connectivity index (χ3n) is 5.38. The fourth-order valence-electron chi connectivity index (χ4n) is 3.78. The third kappa shape index (κ3) is 4.23. The summed E-state index contributed by atoms with van der Waals surface area (Å²) in [5, 5.41) is 17.1. The molecule has 0 spiro atoms. The molecule has 0 bridgehead atoms. The van der Waals surface area contributed by atoms with Crippen LogP contribution in [0.3, 0.4) is 0 Å². The summed E-state index contributed by atoms with van der Waals surface area (Å²) in [5.41, 5.74) is 3.10. The number of anilines is 1. The fraction of sp³-hybridized carbons (Fsp3) is 0.381. The highest BCUT2D eigenvalue weighted by Gasteiger charge is 2.26. The largest absolute Gasteiger partial charge is 0.371 e. The summed E-state index contributed by atoms with van der Waals surface area (Å²) in [6, 6.07) is 14.5. The Bertz CT molecular complexity index is 934. The van der Waals surface area contributed by atoms with Crippen molar-refractivity contribution in [2.24, 2.45) is 0 Å². The zero-order valence-corrected chi connectivity index (χ0v) is 18.1. The molecule has 0 amide bonds. The quantitative estimate of drug-likeness (QED) is 0.499. The Kier molecular flexibility index (Phi) is 5.97. The lowest BCUT2D eigenvalue weighted by Crippen LogP contribution is -2.23. The lowest BCUT2D eigenvalue weighted by Gasteiger charge is -2.26. The Morgan fingerprint density at radius 3 is 2.57 bits per heavy atom. The van der Waals surface area contributed by atoms with Crippen LogP contribution in [0.5, 0.6) is 0 Å². The molecule has 1 N–H and O–H groups in total. The summed E-state index contributed by atoms with van der Waals surface area (Å²) in [4.78, 5) is 0. The molecule has 1 aliphatic carbocycles. The van der Waals surface area contributed by atoms with Gasteiger partial charge in [0.1, 0.15) is 6.04 Å². The van der Waals surface area contributed by atoms with Gasteiger partial charge in [0.25, 0.3) is 0 Å². The molecule has 1 saturated carbocycles. The highest BCUT2D eigenvalue weighted by molar-refractivity contribution is 9.10. The highest BCUT2D eigenvalue weighted by atomic mass is 79.9. The van der Waals surface area contributed by atoms with E-state index in [9.17, 15) is 0 Å². The molecule has 1 fully saturated rings. The standard InChI is InChI=1S/C21H23BrClN5/c1-14-7-12-17(13-19(14)23)24-20(15-8-10-16(22)11-9-15)21-25-26-27-28(21)18-5-3-2-4-6-18/h7-13,18,20,24H,2-6H2,1H3. The molecule has 0 saturated heterocycles. The Labute approximate surface area is 178 Å². The van der Waals surface area contributed by atoms with Gasteiger partial charge in [-0.2, -0.15) is 0 Å². The molecule has 7 heteroatoms.